The van der Waals surface area contributed by atoms with Crippen molar-refractivity contribution >= 4 is 27.3 Å². The molecule has 30 heavy (non-hydrogen) atoms. The molecule has 162 valence electrons. The van der Waals surface area contributed by atoms with Crippen LogP contribution >= 0.6 is 11.6 Å². The minimum Gasteiger partial charge on any atom is -0.369 e. The molecular weight excluding hydrogens is 418 g/mol. The van der Waals surface area contributed by atoms with Crippen molar-refractivity contribution in [2.24, 2.45) is 0 Å². The molecule has 1 aliphatic carbocycles. The van der Waals surface area contributed by atoms with Gasteiger partial charge in [0.05, 0.1) is 4.90 Å². The third kappa shape index (κ3) is 4.37. The molecule has 1 heterocycles. The number of piperazine rings is 1. The van der Waals surface area contributed by atoms with Crippen molar-refractivity contribution in [3.8, 4) is 0 Å². The van der Waals surface area contributed by atoms with Gasteiger partial charge in [-0.2, -0.15) is 0 Å². The molecule has 1 atom stereocenters. The Kier molecular flexibility index (Phi) is 6.13. The maximum Gasteiger partial charge on any atom is 0.240 e. The fraction of sp³-hybridized carbons (Fsp3) is 0.478. The molecule has 0 radical (unpaired) electrons. The Morgan fingerprint density at radius 1 is 1.00 bits per heavy atom. The highest BCUT2D eigenvalue weighted by Crippen LogP contribution is 2.34. The van der Waals surface area contributed by atoms with Crippen molar-refractivity contribution in [3.05, 3.63) is 57.6 Å². The van der Waals surface area contributed by atoms with Crippen LogP contribution in [0, 0.1) is 13.8 Å². The summed E-state index contributed by atoms with van der Waals surface area (Å²) in [6.45, 7) is 8.13. The Hall–Kier alpha value is -1.60. The average Bonchev–Trinajstić information content (AvgIpc) is 2.71. The first kappa shape index (κ1) is 21.6. The Bertz CT molecular complexity index is 1050. The van der Waals surface area contributed by atoms with Gasteiger partial charge in [0.1, 0.15) is 0 Å². The largest absolute Gasteiger partial charge is 0.369 e. The van der Waals surface area contributed by atoms with Crippen LogP contribution in [0.4, 0.5) is 5.69 Å². The molecule has 2 aliphatic rings. The van der Waals surface area contributed by atoms with Crippen LogP contribution in [0.3, 0.4) is 0 Å². The van der Waals surface area contributed by atoms with E-state index < -0.39 is 10.0 Å². The lowest BCUT2D eigenvalue weighted by atomic mass is 9.84. The van der Waals surface area contributed by atoms with E-state index in [2.05, 4.69) is 40.6 Å². The molecule has 0 saturated carbocycles. The number of halogens is 1. The van der Waals surface area contributed by atoms with Crippen LogP contribution in [-0.2, 0) is 22.9 Å². The molecule has 7 heteroatoms. The van der Waals surface area contributed by atoms with E-state index in [9.17, 15) is 8.42 Å². The van der Waals surface area contributed by atoms with E-state index in [1.54, 1.807) is 12.1 Å². The highest BCUT2D eigenvalue weighted by molar-refractivity contribution is 7.89. The lowest BCUT2D eigenvalue weighted by Gasteiger charge is -2.37. The predicted molar refractivity (Wildman–Crippen MR) is 123 cm³/mol. The van der Waals surface area contributed by atoms with Gasteiger partial charge in [0.2, 0.25) is 10.0 Å². The number of nitrogens with one attached hydrogen (secondary N) is 1. The standard InChI is InChI=1S/C23H30ClN3O2S/c1-16-5-9-23(27-12-10-26(3)11-13-27)21-14-18(6-8-20(16)21)25-30(28,29)19-7-4-17(2)22(24)15-19/h4-5,7,9,15,18,25H,6,8,10-14H2,1-3H3/t18-/m1/s1. The second-order valence-electron chi connectivity index (χ2n) is 8.62. The number of sulfonamides is 1. The summed E-state index contributed by atoms with van der Waals surface area (Å²) in [6.07, 6.45) is 2.42. The highest BCUT2D eigenvalue weighted by atomic mass is 35.5. The van der Waals surface area contributed by atoms with Crippen LogP contribution in [0.15, 0.2) is 35.2 Å². The first-order valence-corrected chi connectivity index (χ1v) is 12.4. The molecule has 2 aromatic carbocycles. The molecule has 0 unspecified atom stereocenters. The maximum atomic E-state index is 13.0. The van der Waals surface area contributed by atoms with Crippen LogP contribution in [0.2, 0.25) is 5.02 Å². The third-order valence-electron chi connectivity index (χ3n) is 6.45. The molecule has 2 aromatic rings. The van der Waals surface area contributed by atoms with Crippen molar-refractivity contribution in [2.45, 2.75) is 44.0 Å². The summed E-state index contributed by atoms with van der Waals surface area (Å²) in [5.41, 5.74) is 6.13. The lowest BCUT2D eigenvalue weighted by Crippen LogP contribution is -2.45. The summed E-state index contributed by atoms with van der Waals surface area (Å²) in [7, 11) is -1.45. The van der Waals surface area contributed by atoms with Crippen molar-refractivity contribution in [3.63, 3.8) is 0 Å². The summed E-state index contributed by atoms with van der Waals surface area (Å²) in [5.74, 6) is 0. The van der Waals surface area contributed by atoms with Gasteiger partial charge in [-0.15, -0.1) is 0 Å². The van der Waals surface area contributed by atoms with Gasteiger partial charge in [0, 0.05) is 42.9 Å². The zero-order chi connectivity index (χ0) is 21.5. The SMILES string of the molecule is Cc1ccc(S(=O)(=O)N[C@@H]2CCc3c(C)ccc(N4CCN(C)CC4)c3C2)cc1Cl. The molecule has 1 saturated heterocycles. The summed E-state index contributed by atoms with van der Waals surface area (Å²) in [6, 6.07) is 9.23. The Morgan fingerprint density at radius 3 is 2.40 bits per heavy atom. The second-order valence-corrected chi connectivity index (χ2v) is 10.7. The van der Waals surface area contributed by atoms with E-state index >= 15 is 0 Å². The molecule has 5 nitrogen and oxygen atoms in total. The van der Waals surface area contributed by atoms with E-state index in [0.29, 0.717) is 5.02 Å². The Morgan fingerprint density at radius 2 is 1.70 bits per heavy atom. The van der Waals surface area contributed by atoms with Gasteiger partial charge < -0.3 is 9.80 Å². The van der Waals surface area contributed by atoms with Gasteiger partial charge in [-0.05, 0) is 80.6 Å². The fourth-order valence-corrected chi connectivity index (χ4v) is 6.05. The average molecular weight is 448 g/mol. The van der Waals surface area contributed by atoms with Crippen molar-refractivity contribution in [1.29, 1.82) is 0 Å². The molecular formula is C23H30ClN3O2S. The summed E-state index contributed by atoms with van der Waals surface area (Å²) >= 11 is 6.16. The van der Waals surface area contributed by atoms with Crippen molar-refractivity contribution in [2.75, 3.05) is 38.1 Å². The summed E-state index contributed by atoms with van der Waals surface area (Å²) < 4.78 is 28.9. The molecule has 1 fully saturated rings. The maximum absolute atomic E-state index is 13.0. The van der Waals surface area contributed by atoms with E-state index in [-0.39, 0.29) is 10.9 Å². The van der Waals surface area contributed by atoms with E-state index in [1.807, 2.05) is 6.92 Å². The third-order valence-corrected chi connectivity index (χ3v) is 8.38. The first-order chi connectivity index (χ1) is 14.2. The van der Waals surface area contributed by atoms with E-state index in [0.717, 1.165) is 51.0 Å². The number of aryl methyl sites for hydroxylation is 2. The van der Waals surface area contributed by atoms with Gasteiger partial charge in [0.15, 0.2) is 0 Å². The smallest absolute Gasteiger partial charge is 0.240 e. The van der Waals surface area contributed by atoms with E-state index in [1.165, 1.54) is 28.4 Å². The van der Waals surface area contributed by atoms with Crippen molar-refractivity contribution in [1.82, 2.24) is 9.62 Å². The van der Waals surface area contributed by atoms with Gasteiger partial charge in [-0.1, -0.05) is 23.7 Å². The normalized spacial score (nSPS) is 20.3. The Labute approximate surface area is 185 Å². The molecule has 4 rings (SSSR count). The van der Waals surface area contributed by atoms with Crippen LogP contribution in [0.25, 0.3) is 0 Å². The van der Waals surface area contributed by atoms with Gasteiger partial charge in [0.25, 0.3) is 0 Å². The van der Waals surface area contributed by atoms with Gasteiger partial charge >= 0.3 is 0 Å². The molecule has 0 bridgehead atoms. The lowest BCUT2D eigenvalue weighted by molar-refractivity contribution is 0.312. The van der Waals surface area contributed by atoms with Crippen LogP contribution < -0.4 is 9.62 Å². The molecule has 0 amide bonds. The minimum absolute atomic E-state index is 0.115. The number of nitrogens with zero attached hydrogens (tertiary/aromatic N) is 2. The number of fused-ring (bicyclic) bond motifs is 1. The summed E-state index contributed by atoms with van der Waals surface area (Å²) in [5, 5.41) is 0.472. The van der Waals surface area contributed by atoms with Crippen molar-refractivity contribution < 1.29 is 8.42 Å². The molecule has 1 N–H and O–H groups in total. The summed E-state index contributed by atoms with van der Waals surface area (Å²) in [4.78, 5) is 5.03. The van der Waals surface area contributed by atoms with Gasteiger partial charge in [-0.3, -0.25) is 0 Å². The predicted octanol–water partition coefficient (Wildman–Crippen LogP) is 3.54. The zero-order valence-corrected chi connectivity index (χ0v) is 19.5. The zero-order valence-electron chi connectivity index (χ0n) is 17.9. The number of hydrogen-bond acceptors (Lipinski definition) is 4. The topological polar surface area (TPSA) is 52.7 Å². The second kappa shape index (κ2) is 8.50. The van der Waals surface area contributed by atoms with E-state index in [4.69, 9.17) is 11.6 Å². The Balaban J connectivity index is 1.58. The molecule has 1 aliphatic heterocycles. The number of hydrogen-bond donors (Lipinski definition) is 1. The first-order valence-electron chi connectivity index (χ1n) is 10.6. The number of likely N-dealkylation sites (N-methyl/N-ethyl adjacent to an activating group) is 1. The van der Waals surface area contributed by atoms with Crippen LogP contribution in [0.5, 0.6) is 0 Å². The molecule has 0 aromatic heterocycles. The van der Waals surface area contributed by atoms with Crippen LogP contribution in [0.1, 0.15) is 28.7 Å². The quantitative estimate of drug-likeness (QED) is 0.778. The number of anilines is 1. The highest BCUT2D eigenvalue weighted by Gasteiger charge is 2.29. The fourth-order valence-electron chi connectivity index (χ4n) is 4.51. The van der Waals surface area contributed by atoms with Gasteiger partial charge in [-0.25, -0.2) is 13.1 Å². The minimum atomic E-state index is -3.61. The monoisotopic (exact) mass is 447 g/mol. The van der Waals surface area contributed by atoms with Crippen LogP contribution in [-0.4, -0.2) is 52.6 Å². The molecule has 0 spiro atoms. The number of benzene rings is 2. The number of rotatable bonds is 4.